The van der Waals surface area contributed by atoms with Crippen LogP contribution in [0.15, 0.2) is 172 Å². The SMILES string of the molecule is CCNC(=O)/C=C/c1cnn2ccc(N3CCCC3c3cncc(F)c3)nc12.Fc1ccc(F)c([C@H]2CCCN2c2ccn3ncc(-c4cn(C5CCNC5)nn4)c3n2)c1.Fc1ccc(F)c([C@H]2CCCN2c2ccn3ncc(-c4cn(C5CCOCC5)nn4)c3n2)c1.O=C(Cn1cc(-c2cnn3ccc(N4CCC[C@@H]4c4cc(F)ccc4F)nc23)nn1)N1CCNCC1. The zero-order valence-electron chi connectivity index (χ0n) is 70.3. The molecule has 0 saturated carbocycles. The molecular formula is C89H91F7N30O3. The van der Waals surface area contributed by atoms with E-state index in [2.05, 4.69) is 77.2 Å². The molecule has 3 aromatic carbocycles. The van der Waals surface area contributed by atoms with E-state index in [0.29, 0.717) is 125 Å². The Hall–Kier alpha value is -14.0. The Kier molecular flexibility index (Phi) is 24.6. The lowest BCUT2D eigenvalue weighted by atomic mass is 10.0. The maximum Gasteiger partial charge on any atom is 0.244 e. The number of ether oxygens (including phenoxy) is 1. The van der Waals surface area contributed by atoms with E-state index in [-0.39, 0.29) is 54.4 Å². The standard InChI is InChI=1S/C24H25F2N9O.C23H23F2N7O.C22H22F2N8.C20H21FN6O/c25-16-3-4-19(26)17(12-16)21-2-1-8-34(21)22-5-9-35-24(29-22)18(13-28-35)20-14-33(31-30-20)15-23(36)32-10-6-27-7-11-32;24-15-3-4-19(25)17(12-15)21-2-1-8-30(21)22-5-9-31-23(27-22)18(13-26-31)20-14-32(29-28-20)16-6-10-33-11-7-16;23-14-3-4-18(24)16(10-14)20-2-1-8-30(20)21-6-9-31-22(27-21)17(12-26-31)19-13-32(29-28-19)15-5-7-25-11-15;1-2-23-19(28)6-5-14-12-24-27-9-7-18(25-20(14)27)26-8-3-4-17(26)15-10-16(21)13-22-11-15/h3-5,9,12-14,21,27H,1-2,6-8,10-11,15H2;3-5,9,12-14,16,21H,1-2,6-8,10-11H2;3-4,6,9-10,12-13,15,20,25H,1-2,5,7-8,11H2;5-7,9-13,17H,2-4,8H2,1H3,(H,23,28)/b;;;6-5+/t2*21-;15?,20-;/m111./s1. The van der Waals surface area contributed by atoms with Gasteiger partial charge in [0.15, 0.2) is 22.6 Å². The van der Waals surface area contributed by atoms with Crippen molar-refractivity contribution < 1.29 is 45.1 Å². The predicted octanol–water partition coefficient (Wildman–Crippen LogP) is 11.9. The summed E-state index contributed by atoms with van der Waals surface area (Å²) in [6.07, 6.45) is 35.3. The van der Waals surface area contributed by atoms with E-state index in [9.17, 15) is 40.3 Å². The molecule has 33 nitrogen and oxygen atoms in total. The molecule has 22 rings (SSSR count). The molecule has 2 amide bonds. The van der Waals surface area contributed by atoms with Gasteiger partial charge < -0.3 is 45.2 Å². The van der Waals surface area contributed by atoms with Gasteiger partial charge in [0.25, 0.3) is 0 Å². The van der Waals surface area contributed by atoms with Gasteiger partial charge >= 0.3 is 0 Å². The molecule has 664 valence electrons. The van der Waals surface area contributed by atoms with E-state index in [0.717, 1.165) is 163 Å². The number of pyridine rings is 1. The smallest absolute Gasteiger partial charge is 0.244 e. The van der Waals surface area contributed by atoms with Crippen molar-refractivity contribution in [2.75, 3.05) is 105 Å². The maximum atomic E-state index is 14.5. The summed E-state index contributed by atoms with van der Waals surface area (Å²) in [6.45, 7) is 11.7. The molecule has 40 heteroatoms. The molecule has 0 radical (unpaired) electrons. The Balaban J connectivity index is 0.000000112. The van der Waals surface area contributed by atoms with Crippen LogP contribution in [0.2, 0.25) is 0 Å². The van der Waals surface area contributed by atoms with Crippen LogP contribution >= 0.6 is 0 Å². The van der Waals surface area contributed by atoms with Crippen LogP contribution in [-0.2, 0) is 20.9 Å². The largest absolute Gasteiger partial charge is 0.381 e. The Labute approximate surface area is 733 Å². The number of halogens is 7. The van der Waals surface area contributed by atoms with Crippen molar-refractivity contribution in [2.24, 2.45) is 0 Å². The third-order valence-electron chi connectivity index (χ3n) is 24.6. The number of nitrogens with zero attached hydrogens (tertiary/aromatic N) is 27. The van der Waals surface area contributed by atoms with Crippen LogP contribution in [0.4, 0.5) is 54.0 Å². The van der Waals surface area contributed by atoms with Gasteiger partial charge in [0.1, 0.15) is 87.6 Å². The molecule has 15 aromatic rings. The fraction of sp³-hybridized carbons (Fsp3) is 0.360. The molecule has 19 heterocycles. The first kappa shape index (κ1) is 84.5. The molecule has 0 spiro atoms. The second-order valence-corrected chi connectivity index (χ2v) is 32.6. The first-order valence-electron chi connectivity index (χ1n) is 43.4. The van der Waals surface area contributed by atoms with Gasteiger partial charge in [0, 0.05) is 138 Å². The molecule has 12 aromatic heterocycles. The van der Waals surface area contributed by atoms with Gasteiger partial charge in [-0.05, 0) is 181 Å². The number of nitrogens with one attached hydrogen (secondary N) is 3. The summed E-state index contributed by atoms with van der Waals surface area (Å²) in [4.78, 5) is 57.6. The van der Waals surface area contributed by atoms with E-state index < -0.39 is 34.9 Å². The second-order valence-electron chi connectivity index (χ2n) is 32.6. The van der Waals surface area contributed by atoms with Crippen molar-refractivity contribution in [3.05, 3.63) is 240 Å². The molecule has 0 aliphatic carbocycles. The lowest BCUT2D eigenvalue weighted by Gasteiger charge is -2.27. The number of rotatable bonds is 18. The fourth-order valence-electron chi connectivity index (χ4n) is 18.2. The summed E-state index contributed by atoms with van der Waals surface area (Å²) in [5.74, 6) is -0.187. The molecular weight excluding hydrogens is 1670 g/mol. The summed E-state index contributed by atoms with van der Waals surface area (Å²) in [7, 11) is 0. The van der Waals surface area contributed by atoms with Crippen molar-refractivity contribution in [2.45, 2.75) is 120 Å². The van der Waals surface area contributed by atoms with Crippen LogP contribution in [0.25, 0.3) is 62.4 Å². The van der Waals surface area contributed by atoms with E-state index >= 15 is 0 Å². The summed E-state index contributed by atoms with van der Waals surface area (Å²) >= 11 is 0. The lowest BCUT2D eigenvalue weighted by Crippen LogP contribution is -2.47. The molecule has 7 aliphatic rings. The van der Waals surface area contributed by atoms with Crippen molar-refractivity contribution in [1.29, 1.82) is 0 Å². The Bertz CT molecular complexity index is 6570. The minimum absolute atomic E-state index is 0.00196. The number of fused-ring (bicyclic) bond motifs is 4. The number of hydrogen-bond acceptors (Lipinski definition) is 24. The molecule has 7 aliphatic heterocycles. The number of carbonyl (C=O) groups is 2. The summed E-state index contributed by atoms with van der Waals surface area (Å²) in [6, 6.07) is 19.6. The van der Waals surface area contributed by atoms with Crippen LogP contribution in [-0.4, -0.2) is 210 Å². The monoisotopic (exact) mass is 1760 g/mol. The van der Waals surface area contributed by atoms with Crippen molar-refractivity contribution in [3.63, 3.8) is 0 Å². The van der Waals surface area contributed by atoms with Gasteiger partial charge in [-0.25, -0.2) is 82.8 Å². The third-order valence-corrected chi connectivity index (χ3v) is 24.6. The molecule has 2 unspecified atom stereocenters. The Morgan fingerprint density at radius 3 is 1.39 bits per heavy atom. The van der Waals surface area contributed by atoms with Crippen LogP contribution in [0.3, 0.4) is 0 Å². The number of likely N-dealkylation sites (N-methyl/N-ethyl adjacent to an activating group) is 1. The van der Waals surface area contributed by atoms with Crippen LogP contribution < -0.4 is 35.6 Å². The number of benzene rings is 3. The lowest BCUT2D eigenvalue weighted by molar-refractivity contribution is -0.132. The van der Waals surface area contributed by atoms with Crippen LogP contribution in [0.1, 0.15) is 142 Å². The fourth-order valence-corrected chi connectivity index (χ4v) is 18.2. The summed E-state index contributed by atoms with van der Waals surface area (Å²) < 4.78 is 116. The minimum atomic E-state index is -0.460. The highest BCUT2D eigenvalue weighted by molar-refractivity contribution is 5.92. The molecule has 7 fully saturated rings. The van der Waals surface area contributed by atoms with E-state index in [4.69, 9.17) is 24.7 Å². The van der Waals surface area contributed by atoms with Gasteiger partial charge in [0.05, 0.1) is 103 Å². The average Bonchev–Trinajstić information content (AvgIpc) is 1.63. The van der Waals surface area contributed by atoms with Gasteiger partial charge in [-0.1, -0.05) is 15.6 Å². The number of piperazine rings is 1. The van der Waals surface area contributed by atoms with Crippen molar-refractivity contribution in [3.8, 4) is 33.8 Å². The molecule has 7 saturated heterocycles. The normalized spacial score (nSPS) is 19.0. The van der Waals surface area contributed by atoms with Gasteiger partial charge in [-0.2, -0.15) is 20.4 Å². The summed E-state index contributed by atoms with van der Waals surface area (Å²) in [5.41, 5.74) is 9.43. The highest BCUT2D eigenvalue weighted by Gasteiger charge is 2.36. The number of anilines is 4. The first-order chi connectivity index (χ1) is 63.1. The van der Waals surface area contributed by atoms with Crippen molar-refractivity contribution >= 4 is 63.8 Å². The van der Waals surface area contributed by atoms with E-state index in [1.54, 1.807) is 67.5 Å². The molecule has 5 atom stereocenters. The highest BCUT2D eigenvalue weighted by atomic mass is 19.2. The Morgan fingerprint density at radius 1 is 0.457 bits per heavy atom. The topological polar surface area (TPSA) is 321 Å². The van der Waals surface area contributed by atoms with Gasteiger partial charge in [0.2, 0.25) is 11.8 Å². The van der Waals surface area contributed by atoms with Gasteiger partial charge in [-0.15, -0.1) is 15.3 Å². The summed E-state index contributed by atoms with van der Waals surface area (Å²) in [5, 5.41) is 52.5. The third kappa shape index (κ3) is 18.1. The number of carbonyl (C=O) groups excluding carboxylic acids is 2. The number of amides is 2. The maximum absolute atomic E-state index is 14.5. The van der Waals surface area contributed by atoms with E-state index in [1.807, 2.05) is 91.1 Å². The quantitative estimate of drug-likeness (QED) is 0.0531. The van der Waals surface area contributed by atoms with Crippen LogP contribution in [0, 0.1) is 40.7 Å². The highest BCUT2D eigenvalue weighted by Crippen LogP contribution is 2.43. The number of hydrogen-bond donors (Lipinski definition) is 3. The number of aromatic nitrogens is 22. The molecule has 0 bridgehead atoms. The molecule has 129 heavy (non-hydrogen) atoms. The zero-order valence-corrected chi connectivity index (χ0v) is 70.3. The molecule has 3 N–H and O–H groups in total. The average molecular weight is 1760 g/mol. The first-order valence-corrected chi connectivity index (χ1v) is 43.4. The van der Waals surface area contributed by atoms with Crippen LogP contribution in [0.5, 0.6) is 0 Å². The second kappa shape index (κ2) is 37.5. The zero-order chi connectivity index (χ0) is 88.2. The minimum Gasteiger partial charge on any atom is -0.381 e. The Morgan fingerprint density at radius 2 is 0.907 bits per heavy atom. The predicted molar refractivity (Wildman–Crippen MR) is 462 cm³/mol. The van der Waals surface area contributed by atoms with E-state index in [1.165, 1.54) is 59.4 Å². The van der Waals surface area contributed by atoms with Crippen molar-refractivity contribution in [1.82, 2.24) is 129 Å². The van der Waals surface area contributed by atoms with Gasteiger partial charge in [-0.3, -0.25) is 14.6 Å².